The summed E-state index contributed by atoms with van der Waals surface area (Å²) in [6.07, 6.45) is 1.94. The quantitative estimate of drug-likeness (QED) is 0.885. The van der Waals surface area contributed by atoms with E-state index < -0.39 is 0 Å². The highest BCUT2D eigenvalue weighted by Gasteiger charge is 2.08. The molecule has 0 saturated carbocycles. The average molecular weight is 255 g/mol. The topological polar surface area (TPSA) is 35.2 Å². The van der Waals surface area contributed by atoms with Gasteiger partial charge in [0.25, 0.3) is 0 Å². The van der Waals surface area contributed by atoms with Gasteiger partial charge in [0.1, 0.15) is 5.75 Å². The van der Waals surface area contributed by atoms with Gasteiger partial charge in [-0.05, 0) is 48.6 Å². The van der Waals surface area contributed by atoms with Crippen molar-refractivity contribution >= 4 is 0 Å². The Labute approximate surface area is 115 Å². The fourth-order valence-corrected chi connectivity index (χ4v) is 2.27. The summed E-state index contributed by atoms with van der Waals surface area (Å²) in [5.74, 6) is 0.895. The molecule has 0 bridgehead atoms. The first kappa shape index (κ1) is 13.6. The van der Waals surface area contributed by atoms with Crippen LogP contribution in [-0.2, 0) is 6.42 Å². The van der Waals surface area contributed by atoms with E-state index >= 15 is 0 Å². The van der Waals surface area contributed by atoms with Crippen LogP contribution in [0.3, 0.4) is 0 Å². The normalized spacial score (nSPS) is 12.2. The van der Waals surface area contributed by atoms with E-state index in [1.165, 1.54) is 16.7 Å². The minimum atomic E-state index is 0.100. The Bertz CT molecular complexity index is 519. The van der Waals surface area contributed by atoms with E-state index in [1.54, 1.807) is 7.11 Å². The Morgan fingerprint density at radius 2 is 1.74 bits per heavy atom. The van der Waals surface area contributed by atoms with E-state index in [4.69, 9.17) is 10.5 Å². The van der Waals surface area contributed by atoms with Crippen LogP contribution in [0.2, 0.25) is 0 Å². The summed E-state index contributed by atoms with van der Waals surface area (Å²) in [4.78, 5) is 0. The number of hydrogen-bond acceptors (Lipinski definition) is 2. The monoisotopic (exact) mass is 255 g/mol. The number of methoxy groups -OCH3 is 1. The van der Waals surface area contributed by atoms with Gasteiger partial charge < -0.3 is 10.5 Å². The lowest BCUT2D eigenvalue weighted by Crippen LogP contribution is -2.12. The molecule has 0 saturated heterocycles. The molecule has 19 heavy (non-hydrogen) atoms. The van der Waals surface area contributed by atoms with Crippen LogP contribution >= 0.6 is 0 Å². The Morgan fingerprint density at radius 3 is 2.37 bits per heavy atom. The number of aryl methyl sites for hydroxylation is 2. The third-order valence-electron chi connectivity index (χ3n) is 3.49. The van der Waals surface area contributed by atoms with Crippen LogP contribution in [0.25, 0.3) is 0 Å². The average Bonchev–Trinajstić information content (AvgIpc) is 2.46. The second kappa shape index (κ2) is 6.39. The van der Waals surface area contributed by atoms with Crippen molar-refractivity contribution in [1.82, 2.24) is 0 Å². The van der Waals surface area contributed by atoms with Crippen molar-refractivity contribution in [3.63, 3.8) is 0 Å². The molecule has 2 heteroatoms. The van der Waals surface area contributed by atoms with Crippen LogP contribution in [0.4, 0.5) is 0 Å². The fourth-order valence-electron chi connectivity index (χ4n) is 2.27. The predicted octanol–water partition coefficient (Wildman–Crippen LogP) is 3.64. The van der Waals surface area contributed by atoms with E-state index in [9.17, 15) is 0 Å². The van der Waals surface area contributed by atoms with Gasteiger partial charge in [-0.1, -0.05) is 36.4 Å². The molecular formula is C17H21NO. The van der Waals surface area contributed by atoms with Crippen LogP contribution in [0.1, 0.15) is 29.2 Å². The Hall–Kier alpha value is -1.80. The maximum Gasteiger partial charge on any atom is 0.118 e. The number of rotatable bonds is 5. The van der Waals surface area contributed by atoms with Crippen molar-refractivity contribution in [2.75, 3.05) is 7.11 Å². The summed E-state index contributed by atoms with van der Waals surface area (Å²) >= 11 is 0. The van der Waals surface area contributed by atoms with E-state index in [0.717, 1.165) is 18.6 Å². The number of hydrogen-bond donors (Lipinski definition) is 1. The van der Waals surface area contributed by atoms with Gasteiger partial charge in [0.2, 0.25) is 0 Å². The van der Waals surface area contributed by atoms with Gasteiger partial charge in [-0.15, -0.1) is 0 Å². The molecule has 0 amide bonds. The highest BCUT2D eigenvalue weighted by atomic mass is 16.5. The van der Waals surface area contributed by atoms with Gasteiger partial charge in [0.05, 0.1) is 7.11 Å². The zero-order chi connectivity index (χ0) is 13.7. The summed E-state index contributed by atoms with van der Waals surface area (Å²) in [5, 5.41) is 0. The molecule has 0 aliphatic rings. The zero-order valence-corrected chi connectivity index (χ0v) is 11.6. The molecule has 0 aliphatic heterocycles. The number of benzene rings is 2. The highest BCUT2D eigenvalue weighted by molar-refractivity contribution is 5.30. The van der Waals surface area contributed by atoms with Crippen molar-refractivity contribution in [2.45, 2.75) is 25.8 Å². The molecule has 2 rings (SSSR count). The van der Waals surface area contributed by atoms with Gasteiger partial charge in [-0.3, -0.25) is 0 Å². The van der Waals surface area contributed by atoms with Crippen molar-refractivity contribution in [3.8, 4) is 5.75 Å². The Morgan fingerprint density at radius 1 is 1.05 bits per heavy atom. The molecule has 2 nitrogen and oxygen atoms in total. The van der Waals surface area contributed by atoms with Gasteiger partial charge in [0.15, 0.2) is 0 Å². The van der Waals surface area contributed by atoms with Crippen LogP contribution in [0.15, 0.2) is 48.5 Å². The SMILES string of the molecule is COc1ccc(CCC(N)c2ccccc2C)cc1. The molecule has 2 aromatic carbocycles. The summed E-state index contributed by atoms with van der Waals surface area (Å²) in [6.45, 7) is 2.11. The third kappa shape index (κ3) is 3.58. The smallest absolute Gasteiger partial charge is 0.118 e. The predicted molar refractivity (Wildman–Crippen MR) is 79.4 cm³/mol. The van der Waals surface area contributed by atoms with Crippen molar-refractivity contribution in [1.29, 1.82) is 0 Å². The highest BCUT2D eigenvalue weighted by Crippen LogP contribution is 2.21. The summed E-state index contributed by atoms with van der Waals surface area (Å²) in [5.41, 5.74) is 10.1. The Kier molecular flexibility index (Phi) is 4.58. The molecule has 2 N–H and O–H groups in total. The van der Waals surface area contributed by atoms with Crippen LogP contribution in [-0.4, -0.2) is 7.11 Å². The zero-order valence-electron chi connectivity index (χ0n) is 11.6. The Balaban J connectivity index is 1.96. The van der Waals surface area contributed by atoms with E-state index in [0.29, 0.717) is 0 Å². The first-order chi connectivity index (χ1) is 9.20. The maximum absolute atomic E-state index is 6.28. The van der Waals surface area contributed by atoms with Crippen molar-refractivity contribution < 1.29 is 4.74 Å². The summed E-state index contributed by atoms with van der Waals surface area (Å²) in [7, 11) is 1.68. The molecule has 100 valence electrons. The fraction of sp³-hybridized carbons (Fsp3) is 0.294. The second-order valence-corrected chi connectivity index (χ2v) is 4.85. The van der Waals surface area contributed by atoms with Crippen molar-refractivity contribution in [2.24, 2.45) is 5.73 Å². The van der Waals surface area contributed by atoms with Gasteiger partial charge >= 0.3 is 0 Å². The molecule has 0 heterocycles. The van der Waals surface area contributed by atoms with Gasteiger partial charge in [0, 0.05) is 6.04 Å². The molecule has 1 atom stereocenters. The van der Waals surface area contributed by atoms with E-state index in [2.05, 4.69) is 43.3 Å². The molecule has 0 spiro atoms. The first-order valence-electron chi connectivity index (χ1n) is 6.64. The lowest BCUT2D eigenvalue weighted by Gasteiger charge is -2.14. The number of nitrogens with two attached hydrogens (primary N) is 1. The van der Waals surface area contributed by atoms with Crippen LogP contribution in [0.5, 0.6) is 5.75 Å². The van der Waals surface area contributed by atoms with Gasteiger partial charge in [-0.25, -0.2) is 0 Å². The molecule has 0 aliphatic carbocycles. The minimum Gasteiger partial charge on any atom is -0.497 e. The lowest BCUT2D eigenvalue weighted by atomic mass is 9.96. The lowest BCUT2D eigenvalue weighted by molar-refractivity contribution is 0.414. The molecular weight excluding hydrogens is 234 g/mol. The van der Waals surface area contributed by atoms with Gasteiger partial charge in [-0.2, -0.15) is 0 Å². The molecule has 0 fully saturated rings. The minimum absolute atomic E-state index is 0.100. The standard InChI is InChI=1S/C17H21NO/c1-13-5-3-4-6-16(13)17(18)12-9-14-7-10-15(19-2)11-8-14/h3-8,10-11,17H,9,12,18H2,1-2H3. The van der Waals surface area contributed by atoms with E-state index in [-0.39, 0.29) is 6.04 Å². The first-order valence-corrected chi connectivity index (χ1v) is 6.64. The summed E-state index contributed by atoms with van der Waals surface area (Å²) < 4.78 is 5.16. The molecule has 1 unspecified atom stereocenters. The summed E-state index contributed by atoms with van der Waals surface area (Å²) in [6, 6.07) is 16.6. The van der Waals surface area contributed by atoms with E-state index in [1.807, 2.05) is 12.1 Å². The third-order valence-corrected chi connectivity index (χ3v) is 3.49. The van der Waals surface area contributed by atoms with Crippen molar-refractivity contribution in [3.05, 3.63) is 65.2 Å². The largest absolute Gasteiger partial charge is 0.497 e. The maximum atomic E-state index is 6.28. The molecule has 0 aromatic heterocycles. The number of ether oxygens (including phenoxy) is 1. The van der Waals surface area contributed by atoms with Crippen LogP contribution < -0.4 is 10.5 Å². The van der Waals surface area contributed by atoms with Crippen LogP contribution in [0, 0.1) is 6.92 Å². The molecule has 2 aromatic rings. The second-order valence-electron chi connectivity index (χ2n) is 4.85. The molecule has 0 radical (unpaired) electrons.